The largest absolute Gasteiger partial charge is 0.497 e. The summed E-state index contributed by atoms with van der Waals surface area (Å²) >= 11 is 0. The van der Waals surface area contributed by atoms with Crippen LogP contribution >= 0.6 is 0 Å². The zero-order valence-electron chi connectivity index (χ0n) is 30.2. The number of nitrogens with one attached hydrogen (secondary N) is 2. The van der Waals surface area contributed by atoms with Crippen LogP contribution in [0.1, 0.15) is 37.8 Å². The molecule has 0 aromatic heterocycles. The summed E-state index contributed by atoms with van der Waals surface area (Å²) in [5.74, 6) is 0.0510. The molecule has 2 N–H and O–H groups in total. The van der Waals surface area contributed by atoms with Crippen LogP contribution in [0.15, 0.2) is 109 Å². The molecule has 10 nitrogen and oxygen atoms in total. The van der Waals surface area contributed by atoms with Gasteiger partial charge in [0.25, 0.3) is 0 Å². The van der Waals surface area contributed by atoms with E-state index >= 15 is 0 Å². The van der Waals surface area contributed by atoms with Crippen LogP contribution in [-0.4, -0.2) is 64.0 Å². The van der Waals surface area contributed by atoms with Gasteiger partial charge >= 0.3 is 0 Å². The number of carbonyl (C=O) groups is 4. The number of methoxy groups -OCH3 is 2. The maximum absolute atomic E-state index is 13.8. The third kappa shape index (κ3) is 11.2. The molecule has 4 aromatic carbocycles. The number of benzene rings is 4. The predicted molar refractivity (Wildman–Crippen MR) is 200 cm³/mol. The van der Waals surface area contributed by atoms with Crippen LogP contribution in [-0.2, 0) is 32.0 Å². The van der Waals surface area contributed by atoms with E-state index in [0.29, 0.717) is 22.9 Å². The first-order valence-corrected chi connectivity index (χ1v) is 16.9. The van der Waals surface area contributed by atoms with Gasteiger partial charge in [-0.15, -0.1) is 0 Å². The van der Waals surface area contributed by atoms with Gasteiger partial charge in [-0.2, -0.15) is 0 Å². The fourth-order valence-corrected chi connectivity index (χ4v) is 5.86. The molecular weight excluding hydrogens is 644 g/mol. The maximum Gasteiger partial charge on any atom is 0.249 e. The lowest BCUT2D eigenvalue weighted by Crippen LogP contribution is -2.50. The maximum atomic E-state index is 13.8. The Hall–Kier alpha value is -5.64. The minimum absolute atomic E-state index is 0.0196. The lowest BCUT2D eigenvalue weighted by molar-refractivity contribution is -0.131. The van der Waals surface area contributed by atoms with Crippen molar-refractivity contribution in [2.45, 2.75) is 51.6 Å². The van der Waals surface area contributed by atoms with Crippen LogP contribution in [0.3, 0.4) is 0 Å². The number of hydrogen-bond acceptors (Lipinski definition) is 6. The number of hydrogen-bond donors (Lipinski definition) is 2. The van der Waals surface area contributed by atoms with Crippen molar-refractivity contribution in [1.29, 1.82) is 0 Å². The number of anilines is 2. The second kappa shape index (κ2) is 17.8. The van der Waals surface area contributed by atoms with E-state index in [0.717, 1.165) is 11.1 Å². The Bertz CT molecular complexity index is 1620. The third-order valence-electron chi connectivity index (χ3n) is 8.69. The lowest BCUT2D eigenvalue weighted by Gasteiger charge is -2.29. The molecule has 0 spiro atoms. The zero-order valence-corrected chi connectivity index (χ0v) is 30.2. The Kier molecular flexibility index (Phi) is 13.4. The van der Waals surface area contributed by atoms with Gasteiger partial charge in [0.1, 0.15) is 23.6 Å². The number of amides is 4. The molecule has 0 aliphatic heterocycles. The highest BCUT2D eigenvalue weighted by Gasteiger charge is 2.32. The number of ether oxygens (including phenoxy) is 2. The molecule has 0 bridgehead atoms. The number of likely N-dealkylation sites (N-methyl/N-ethyl adjacent to an activating group) is 2. The quantitative estimate of drug-likeness (QED) is 0.158. The summed E-state index contributed by atoms with van der Waals surface area (Å²) in [7, 11) is 6.49. The fraction of sp³-hybridized carbons (Fsp3) is 0.317. The van der Waals surface area contributed by atoms with Crippen LogP contribution in [0.25, 0.3) is 0 Å². The highest BCUT2D eigenvalue weighted by molar-refractivity contribution is 6.00. The predicted octanol–water partition coefficient (Wildman–Crippen LogP) is 5.59. The normalized spacial score (nSPS) is 12.2. The van der Waals surface area contributed by atoms with Crippen LogP contribution in [0.4, 0.5) is 11.4 Å². The van der Waals surface area contributed by atoms with Gasteiger partial charge in [0.2, 0.25) is 23.6 Å². The lowest BCUT2D eigenvalue weighted by atomic mass is 9.84. The average Bonchev–Trinajstić information content (AvgIpc) is 3.13. The van der Waals surface area contributed by atoms with Gasteiger partial charge in [0, 0.05) is 51.2 Å². The second-order valence-corrected chi connectivity index (χ2v) is 13.3. The van der Waals surface area contributed by atoms with E-state index in [-0.39, 0.29) is 49.3 Å². The summed E-state index contributed by atoms with van der Waals surface area (Å²) in [6.45, 7) is 3.64. The molecule has 0 aliphatic carbocycles. The summed E-state index contributed by atoms with van der Waals surface area (Å²) in [6.07, 6.45) is 0.540. The Balaban J connectivity index is 1.45. The molecular formula is C41H48N4O6. The van der Waals surface area contributed by atoms with E-state index in [1.807, 2.05) is 74.5 Å². The van der Waals surface area contributed by atoms with E-state index in [2.05, 4.69) is 10.6 Å². The van der Waals surface area contributed by atoms with E-state index in [1.165, 1.54) is 9.80 Å². The van der Waals surface area contributed by atoms with E-state index in [4.69, 9.17) is 9.47 Å². The molecule has 0 heterocycles. The first-order valence-electron chi connectivity index (χ1n) is 16.9. The molecule has 0 fully saturated rings. The highest BCUT2D eigenvalue weighted by atomic mass is 16.5. The zero-order chi connectivity index (χ0) is 37.0. The monoisotopic (exact) mass is 692 g/mol. The summed E-state index contributed by atoms with van der Waals surface area (Å²) < 4.78 is 10.5. The first kappa shape index (κ1) is 38.2. The summed E-state index contributed by atoms with van der Waals surface area (Å²) in [6, 6.07) is 31.5. The first-order chi connectivity index (χ1) is 24.4. The summed E-state index contributed by atoms with van der Waals surface area (Å²) in [5, 5.41) is 5.89. The van der Waals surface area contributed by atoms with Crippen molar-refractivity contribution in [3.05, 3.63) is 120 Å². The Labute approximate surface area is 300 Å². The van der Waals surface area contributed by atoms with E-state index in [1.54, 1.807) is 76.8 Å². The van der Waals surface area contributed by atoms with Gasteiger partial charge in [0.05, 0.1) is 14.2 Å². The van der Waals surface area contributed by atoms with Gasteiger partial charge in [-0.3, -0.25) is 19.2 Å². The SMILES string of the molecule is COc1ccc(N(C)C(=O)C(Cc2ccccc2)NC(=O)CC(C)(C)CC(=O)N[C@@H](Cc2ccccc2)C(=O)N(C)c2ccc(OC)cc2)cc1. The van der Waals surface area contributed by atoms with Gasteiger partial charge < -0.3 is 29.9 Å². The van der Waals surface area contributed by atoms with E-state index < -0.39 is 17.5 Å². The molecule has 0 radical (unpaired) electrons. The van der Waals surface area contributed by atoms with Crippen LogP contribution in [0.5, 0.6) is 11.5 Å². The summed E-state index contributed by atoms with van der Waals surface area (Å²) in [5.41, 5.74) is 2.31. The van der Waals surface area contributed by atoms with Gasteiger partial charge in [-0.05, 0) is 65.1 Å². The Morgan fingerprint density at radius 2 is 0.902 bits per heavy atom. The molecule has 4 aromatic rings. The highest BCUT2D eigenvalue weighted by Crippen LogP contribution is 2.26. The Morgan fingerprint density at radius 3 is 1.22 bits per heavy atom. The van der Waals surface area contributed by atoms with Crippen molar-refractivity contribution in [3.63, 3.8) is 0 Å². The molecule has 1 unspecified atom stereocenters. The number of nitrogens with zero attached hydrogens (tertiary/aromatic N) is 2. The fourth-order valence-electron chi connectivity index (χ4n) is 5.86. The van der Waals surface area contributed by atoms with E-state index in [9.17, 15) is 19.2 Å². The van der Waals surface area contributed by atoms with Crippen LogP contribution < -0.4 is 29.9 Å². The number of carbonyl (C=O) groups excluding carboxylic acids is 4. The van der Waals surface area contributed by atoms with Crippen molar-refractivity contribution < 1.29 is 28.7 Å². The molecule has 0 saturated carbocycles. The minimum Gasteiger partial charge on any atom is -0.497 e. The van der Waals surface area contributed by atoms with Crippen LogP contribution in [0.2, 0.25) is 0 Å². The molecule has 268 valence electrons. The topological polar surface area (TPSA) is 117 Å². The minimum atomic E-state index is -0.849. The van der Waals surface area contributed by atoms with Crippen molar-refractivity contribution in [2.75, 3.05) is 38.1 Å². The molecule has 0 saturated heterocycles. The van der Waals surface area contributed by atoms with Crippen molar-refractivity contribution >= 4 is 35.0 Å². The van der Waals surface area contributed by atoms with Gasteiger partial charge in [-0.1, -0.05) is 74.5 Å². The van der Waals surface area contributed by atoms with Gasteiger partial charge in [0.15, 0.2) is 0 Å². The molecule has 4 amide bonds. The average molecular weight is 693 g/mol. The molecule has 2 atom stereocenters. The van der Waals surface area contributed by atoms with Crippen LogP contribution in [0, 0.1) is 5.41 Å². The van der Waals surface area contributed by atoms with Gasteiger partial charge in [-0.25, -0.2) is 0 Å². The summed E-state index contributed by atoms with van der Waals surface area (Å²) in [4.78, 5) is 57.7. The molecule has 4 rings (SSSR count). The van der Waals surface area contributed by atoms with Crippen molar-refractivity contribution in [3.8, 4) is 11.5 Å². The number of rotatable bonds is 16. The molecule has 51 heavy (non-hydrogen) atoms. The van der Waals surface area contributed by atoms with Crippen molar-refractivity contribution in [2.24, 2.45) is 5.41 Å². The third-order valence-corrected chi connectivity index (χ3v) is 8.69. The van der Waals surface area contributed by atoms with Crippen molar-refractivity contribution in [1.82, 2.24) is 10.6 Å². The Morgan fingerprint density at radius 1 is 0.569 bits per heavy atom. The standard InChI is InChI=1S/C41H48N4O6/c1-41(2,27-37(46)42-35(25-29-13-9-7-10-14-29)39(48)44(3)31-17-21-33(50-5)22-18-31)28-38(47)43-36(26-30-15-11-8-12-16-30)40(49)45(4)32-19-23-34(51-6)24-20-32/h7-24,35-36H,25-28H2,1-6H3,(H,42,46)(H,43,47)/t35-,36?/m0/s1. The smallest absolute Gasteiger partial charge is 0.249 e. The molecule has 10 heteroatoms. The second-order valence-electron chi connectivity index (χ2n) is 13.3. The molecule has 0 aliphatic rings.